The van der Waals surface area contributed by atoms with Crippen LogP contribution in [-0.4, -0.2) is 43.7 Å². The van der Waals surface area contributed by atoms with Crippen LogP contribution in [0.5, 0.6) is 11.5 Å². The molecule has 5 nitrogen and oxygen atoms in total. The number of fused-ring (bicyclic) bond motifs is 1. The summed E-state index contributed by atoms with van der Waals surface area (Å²) in [6, 6.07) is 3.42. The molecule has 0 aliphatic carbocycles. The third kappa shape index (κ3) is 4.25. The average molecular weight is 313 g/mol. The van der Waals surface area contributed by atoms with E-state index in [0.717, 1.165) is 19.5 Å². The Morgan fingerprint density at radius 3 is 2.48 bits per heavy atom. The third-order valence-corrected chi connectivity index (χ3v) is 3.69. The van der Waals surface area contributed by atoms with Gasteiger partial charge < -0.3 is 14.8 Å². The first kappa shape index (κ1) is 15.9. The Morgan fingerprint density at radius 1 is 1.24 bits per heavy atom. The zero-order valence-electron chi connectivity index (χ0n) is 12.4. The van der Waals surface area contributed by atoms with Gasteiger partial charge in [-0.15, -0.1) is 0 Å². The highest BCUT2D eigenvalue weighted by Crippen LogP contribution is 2.37. The number of ether oxygens (including phenoxy) is 2. The van der Waals surface area contributed by atoms with Crippen molar-refractivity contribution in [1.82, 2.24) is 4.90 Å². The SMILES string of the molecule is CCN(CC)CC(=O)Nc1cc2c(cc1Cl)OCCCO2. The van der Waals surface area contributed by atoms with Crippen molar-refractivity contribution in [3.05, 3.63) is 17.2 Å². The topological polar surface area (TPSA) is 50.8 Å². The molecule has 1 aliphatic heterocycles. The molecule has 0 fully saturated rings. The van der Waals surface area contributed by atoms with E-state index in [9.17, 15) is 4.79 Å². The van der Waals surface area contributed by atoms with E-state index in [-0.39, 0.29) is 5.91 Å². The lowest BCUT2D eigenvalue weighted by Crippen LogP contribution is -2.32. The van der Waals surface area contributed by atoms with E-state index < -0.39 is 0 Å². The summed E-state index contributed by atoms with van der Waals surface area (Å²) in [5, 5.41) is 3.28. The van der Waals surface area contributed by atoms with Gasteiger partial charge in [0.05, 0.1) is 30.5 Å². The Morgan fingerprint density at radius 2 is 1.86 bits per heavy atom. The van der Waals surface area contributed by atoms with Crippen LogP contribution in [-0.2, 0) is 4.79 Å². The standard InChI is InChI=1S/C15H21ClN2O3/c1-3-18(4-2)10-15(19)17-12-9-14-13(8-11(12)16)20-6-5-7-21-14/h8-9H,3-7,10H2,1-2H3,(H,17,19). The maximum Gasteiger partial charge on any atom is 0.238 e. The van der Waals surface area contributed by atoms with Crippen LogP contribution in [0.4, 0.5) is 5.69 Å². The highest BCUT2D eigenvalue weighted by molar-refractivity contribution is 6.34. The van der Waals surface area contributed by atoms with Gasteiger partial charge in [-0.05, 0) is 13.1 Å². The molecule has 116 valence electrons. The number of amides is 1. The van der Waals surface area contributed by atoms with Crippen LogP contribution in [0.3, 0.4) is 0 Å². The Balaban J connectivity index is 2.09. The highest BCUT2D eigenvalue weighted by Gasteiger charge is 2.16. The molecular weight excluding hydrogens is 292 g/mol. The van der Waals surface area contributed by atoms with Gasteiger partial charge in [-0.3, -0.25) is 9.69 Å². The van der Waals surface area contributed by atoms with Gasteiger partial charge in [-0.2, -0.15) is 0 Å². The minimum absolute atomic E-state index is 0.0879. The quantitative estimate of drug-likeness (QED) is 0.908. The van der Waals surface area contributed by atoms with Crippen LogP contribution in [0.1, 0.15) is 20.3 Å². The van der Waals surface area contributed by atoms with Crippen molar-refractivity contribution in [3.63, 3.8) is 0 Å². The van der Waals surface area contributed by atoms with Gasteiger partial charge in [-0.1, -0.05) is 25.4 Å². The van der Waals surface area contributed by atoms with Crippen molar-refractivity contribution in [2.75, 3.05) is 38.2 Å². The zero-order valence-corrected chi connectivity index (χ0v) is 13.2. The molecule has 0 unspecified atom stereocenters. The molecule has 21 heavy (non-hydrogen) atoms. The molecule has 1 amide bonds. The van der Waals surface area contributed by atoms with Crippen LogP contribution in [0, 0.1) is 0 Å². The summed E-state index contributed by atoms with van der Waals surface area (Å²) in [6.07, 6.45) is 0.829. The smallest absolute Gasteiger partial charge is 0.238 e. The highest BCUT2D eigenvalue weighted by atomic mass is 35.5. The molecule has 2 rings (SSSR count). The Bertz CT molecular complexity index is 504. The van der Waals surface area contributed by atoms with E-state index in [1.54, 1.807) is 12.1 Å². The molecule has 0 saturated heterocycles. The number of carbonyl (C=O) groups excluding carboxylic acids is 1. The maximum absolute atomic E-state index is 12.0. The maximum atomic E-state index is 12.0. The molecule has 0 aromatic heterocycles. The van der Waals surface area contributed by atoms with Crippen LogP contribution in [0.25, 0.3) is 0 Å². The Hall–Kier alpha value is -1.46. The fourth-order valence-electron chi connectivity index (χ4n) is 2.12. The second-order valence-corrected chi connectivity index (χ2v) is 5.25. The van der Waals surface area contributed by atoms with E-state index in [1.165, 1.54) is 0 Å². The number of rotatable bonds is 5. The van der Waals surface area contributed by atoms with Crippen molar-refractivity contribution in [2.24, 2.45) is 0 Å². The van der Waals surface area contributed by atoms with Gasteiger partial charge in [-0.25, -0.2) is 0 Å². The summed E-state index contributed by atoms with van der Waals surface area (Å²) in [6.45, 7) is 7.27. The Kier molecular flexibility index (Phi) is 5.70. The minimum Gasteiger partial charge on any atom is -0.490 e. The molecule has 0 atom stereocenters. The monoisotopic (exact) mass is 312 g/mol. The molecule has 0 spiro atoms. The number of hydrogen-bond acceptors (Lipinski definition) is 4. The lowest BCUT2D eigenvalue weighted by molar-refractivity contribution is -0.117. The fraction of sp³-hybridized carbons (Fsp3) is 0.533. The van der Waals surface area contributed by atoms with E-state index in [1.807, 2.05) is 18.7 Å². The van der Waals surface area contributed by atoms with Gasteiger partial charge in [0.1, 0.15) is 0 Å². The largest absolute Gasteiger partial charge is 0.490 e. The van der Waals surface area contributed by atoms with Crippen molar-refractivity contribution >= 4 is 23.2 Å². The summed E-state index contributed by atoms with van der Waals surface area (Å²) in [7, 11) is 0. The predicted molar refractivity (Wildman–Crippen MR) is 83.5 cm³/mol. The predicted octanol–water partition coefficient (Wildman–Crippen LogP) is 2.78. The van der Waals surface area contributed by atoms with Crippen molar-refractivity contribution in [1.29, 1.82) is 0 Å². The Labute approximate surface area is 130 Å². The first-order valence-corrected chi connectivity index (χ1v) is 7.63. The lowest BCUT2D eigenvalue weighted by atomic mass is 10.2. The summed E-state index contributed by atoms with van der Waals surface area (Å²) in [4.78, 5) is 14.1. The normalized spacial score (nSPS) is 13.9. The summed E-state index contributed by atoms with van der Waals surface area (Å²) < 4.78 is 11.2. The first-order chi connectivity index (χ1) is 10.1. The van der Waals surface area contributed by atoms with E-state index in [2.05, 4.69) is 5.32 Å². The number of nitrogens with one attached hydrogen (secondary N) is 1. The molecule has 1 aliphatic rings. The van der Waals surface area contributed by atoms with Crippen molar-refractivity contribution < 1.29 is 14.3 Å². The number of likely N-dealkylation sites (N-methyl/N-ethyl adjacent to an activating group) is 1. The van der Waals surface area contributed by atoms with E-state index in [4.69, 9.17) is 21.1 Å². The minimum atomic E-state index is -0.0879. The second kappa shape index (κ2) is 7.52. The number of hydrogen-bond donors (Lipinski definition) is 1. The van der Waals surface area contributed by atoms with Crippen molar-refractivity contribution in [3.8, 4) is 11.5 Å². The van der Waals surface area contributed by atoms with Crippen LogP contribution >= 0.6 is 11.6 Å². The number of halogens is 1. The molecule has 0 radical (unpaired) electrons. The van der Waals surface area contributed by atoms with Crippen LogP contribution in [0.2, 0.25) is 5.02 Å². The summed E-state index contributed by atoms with van der Waals surface area (Å²) in [5.74, 6) is 1.16. The third-order valence-electron chi connectivity index (χ3n) is 3.37. The zero-order chi connectivity index (χ0) is 15.2. The van der Waals surface area contributed by atoms with Crippen molar-refractivity contribution in [2.45, 2.75) is 20.3 Å². The summed E-state index contributed by atoms with van der Waals surface area (Å²) >= 11 is 6.20. The molecule has 1 N–H and O–H groups in total. The molecule has 1 aromatic rings. The molecular formula is C15H21ClN2O3. The van der Waals surface area contributed by atoms with Crippen LogP contribution < -0.4 is 14.8 Å². The molecule has 0 saturated carbocycles. The van der Waals surface area contributed by atoms with Gasteiger partial charge in [0.2, 0.25) is 5.91 Å². The molecule has 0 bridgehead atoms. The van der Waals surface area contributed by atoms with Gasteiger partial charge in [0.15, 0.2) is 11.5 Å². The first-order valence-electron chi connectivity index (χ1n) is 7.25. The molecule has 1 heterocycles. The van der Waals surface area contributed by atoms with Gasteiger partial charge in [0, 0.05) is 18.6 Å². The molecule has 1 aromatic carbocycles. The van der Waals surface area contributed by atoms with E-state index in [0.29, 0.717) is 42.0 Å². The van der Waals surface area contributed by atoms with Gasteiger partial charge in [0.25, 0.3) is 0 Å². The van der Waals surface area contributed by atoms with Crippen LogP contribution in [0.15, 0.2) is 12.1 Å². The average Bonchev–Trinajstić information content (AvgIpc) is 2.70. The lowest BCUT2D eigenvalue weighted by Gasteiger charge is -2.18. The number of carbonyl (C=O) groups is 1. The number of benzene rings is 1. The fourth-order valence-corrected chi connectivity index (χ4v) is 2.32. The number of anilines is 1. The second-order valence-electron chi connectivity index (χ2n) is 4.84. The number of nitrogens with zero attached hydrogens (tertiary/aromatic N) is 1. The van der Waals surface area contributed by atoms with Gasteiger partial charge >= 0.3 is 0 Å². The molecule has 6 heteroatoms. The summed E-state index contributed by atoms with van der Waals surface area (Å²) in [5.41, 5.74) is 0.554. The van der Waals surface area contributed by atoms with E-state index >= 15 is 0 Å².